The second-order valence-corrected chi connectivity index (χ2v) is 26.4. The fraction of sp³-hybridized carbons (Fsp3) is 0.899. The maximum atomic E-state index is 12.4. The van der Waals surface area contributed by atoms with Crippen LogP contribution >= 0.6 is 0 Å². The molecule has 0 saturated carbocycles. The summed E-state index contributed by atoms with van der Waals surface area (Å²) in [6.07, 6.45) is 101. The highest BCUT2D eigenvalue weighted by molar-refractivity contribution is 5.70. The summed E-state index contributed by atoms with van der Waals surface area (Å²) in [5.41, 5.74) is 0. The molecule has 496 valence electrons. The lowest BCUT2D eigenvalue weighted by Gasteiger charge is -2.15. The number of rotatable bonds is 73. The Morgan fingerprint density at radius 3 is 0.714 bits per heavy atom. The molecule has 0 amide bonds. The fourth-order valence-electron chi connectivity index (χ4n) is 12.2. The Morgan fingerprint density at radius 2 is 0.476 bits per heavy atom. The van der Waals surface area contributed by atoms with Gasteiger partial charge in [0, 0.05) is 12.8 Å². The molecule has 1 N–H and O–H groups in total. The Hall–Kier alpha value is -1.88. The summed E-state index contributed by atoms with van der Waals surface area (Å²) in [7, 11) is 0. The molecular formula is C79H150O5. The summed E-state index contributed by atoms with van der Waals surface area (Å²) in [5, 5.41) is 9.72. The topological polar surface area (TPSA) is 72.8 Å². The summed E-state index contributed by atoms with van der Waals surface area (Å²) in [5.74, 6) is -0.564. The van der Waals surface area contributed by atoms with Crippen molar-refractivity contribution in [2.75, 3.05) is 13.2 Å². The van der Waals surface area contributed by atoms with E-state index < -0.39 is 6.10 Å². The smallest absolute Gasteiger partial charge is 0.306 e. The van der Waals surface area contributed by atoms with E-state index >= 15 is 0 Å². The predicted octanol–water partition coefficient (Wildman–Crippen LogP) is 26.9. The van der Waals surface area contributed by atoms with Crippen molar-refractivity contribution in [2.24, 2.45) is 0 Å². The van der Waals surface area contributed by atoms with Gasteiger partial charge in [0.2, 0.25) is 0 Å². The predicted molar refractivity (Wildman–Crippen MR) is 371 cm³/mol. The molecule has 0 aromatic rings. The average Bonchev–Trinajstić information content (AvgIpc) is 3.51. The van der Waals surface area contributed by atoms with Gasteiger partial charge >= 0.3 is 11.9 Å². The molecule has 5 heteroatoms. The number of allylic oxidation sites excluding steroid dienone is 6. The second kappa shape index (κ2) is 75.4. The lowest BCUT2D eigenvalue weighted by atomic mass is 10.0. The van der Waals surface area contributed by atoms with Gasteiger partial charge in [0.25, 0.3) is 0 Å². The summed E-state index contributed by atoms with van der Waals surface area (Å²) >= 11 is 0. The minimum Gasteiger partial charge on any atom is -0.462 e. The zero-order chi connectivity index (χ0) is 60.5. The van der Waals surface area contributed by atoms with E-state index in [0.717, 1.165) is 44.9 Å². The lowest BCUT2D eigenvalue weighted by Crippen LogP contribution is -2.28. The number of carbonyl (C=O) groups excluding carboxylic acids is 2. The van der Waals surface area contributed by atoms with E-state index in [-0.39, 0.29) is 25.2 Å². The van der Waals surface area contributed by atoms with Gasteiger partial charge in [-0.3, -0.25) is 9.59 Å². The number of ether oxygens (including phenoxy) is 2. The van der Waals surface area contributed by atoms with Crippen molar-refractivity contribution in [1.29, 1.82) is 0 Å². The van der Waals surface area contributed by atoms with Crippen molar-refractivity contribution in [3.63, 3.8) is 0 Å². The van der Waals surface area contributed by atoms with Crippen LogP contribution in [0.25, 0.3) is 0 Å². The molecule has 5 nitrogen and oxygen atoms in total. The highest BCUT2D eigenvalue weighted by Crippen LogP contribution is 2.20. The third-order valence-corrected chi connectivity index (χ3v) is 17.9. The van der Waals surface area contributed by atoms with Crippen LogP contribution in [-0.2, 0) is 19.1 Å². The number of esters is 2. The molecule has 0 spiro atoms. The molecule has 0 bridgehead atoms. The Kier molecular flexibility index (Phi) is 73.7. The number of carbonyl (C=O) groups is 2. The highest BCUT2D eigenvalue weighted by atomic mass is 16.6. The maximum absolute atomic E-state index is 12.4. The molecule has 0 aliphatic carbocycles. The third kappa shape index (κ3) is 72.6. The zero-order valence-corrected chi connectivity index (χ0v) is 57.2. The zero-order valence-electron chi connectivity index (χ0n) is 57.2. The van der Waals surface area contributed by atoms with Gasteiger partial charge in [0.1, 0.15) is 6.61 Å². The van der Waals surface area contributed by atoms with E-state index in [1.165, 1.54) is 366 Å². The van der Waals surface area contributed by atoms with E-state index in [4.69, 9.17) is 9.47 Å². The SMILES string of the molecule is CCCCCCC/C=C\C/C=C\C/C=C\CCCCCCCCCCCCCCCCCCCCC(=O)OC(CO)COC(=O)CCCCCCCCCCCCCCCCCCCCCCCCCCCCCCCCCCCCCCC. The van der Waals surface area contributed by atoms with Crippen molar-refractivity contribution in [3.8, 4) is 0 Å². The monoisotopic (exact) mass is 1180 g/mol. The van der Waals surface area contributed by atoms with Gasteiger partial charge in [-0.15, -0.1) is 0 Å². The van der Waals surface area contributed by atoms with Crippen LogP contribution in [-0.4, -0.2) is 36.4 Å². The van der Waals surface area contributed by atoms with Crippen molar-refractivity contribution >= 4 is 11.9 Å². The van der Waals surface area contributed by atoms with Gasteiger partial charge in [-0.25, -0.2) is 0 Å². The van der Waals surface area contributed by atoms with Crippen molar-refractivity contribution in [2.45, 2.75) is 444 Å². The minimum absolute atomic E-state index is 0.0589. The quantitative estimate of drug-likeness (QED) is 0.0373. The number of aliphatic hydroxyl groups is 1. The first-order valence-corrected chi connectivity index (χ1v) is 38.5. The van der Waals surface area contributed by atoms with Gasteiger partial charge in [-0.1, -0.05) is 410 Å². The van der Waals surface area contributed by atoms with Crippen LogP contribution in [0.15, 0.2) is 36.5 Å². The first-order valence-electron chi connectivity index (χ1n) is 38.5. The standard InChI is InChI=1S/C79H150O5/c1-3-5-7-9-11-13-15-17-19-21-23-25-27-29-31-33-35-37-38-39-40-42-43-45-47-49-51-53-55-57-59-61-63-65-67-69-71-73-78(81)83-76-77(75-80)84-79(82)74-72-70-68-66-64-62-60-58-56-54-52-50-48-46-44-41-36-34-32-30-28-26-24-22-20-18-16-14-12-10-8-6-4-2/h16,18,22,24,28,30,77,80H,3-15,17,19-21,23,25-27,29,31-76H2,1-2H3/b18-16-,24-22-,30-28-. The molecular weight excluding hydrogens is 1030 g/mol. The molecule has 0 aliphatic rings. The Labute approximate surface area is 526 Å². The van der Waals surface area contributed by atoms with Crippen molar-refractivity contribution in [3.05, 3.63) is 36.5 Å². The molecule has 0 aromatic carbocycles. The second-order valence-electron chi connectivity index (χ2n) is 26.4. The number of hydrogen-bond acceptors (Lipinski definition) is 5. The molecule has 1 unspecified atom stereocenters. The first kappa shape index (κ1) is 82.1. The molecule has 0 fully saturated rings. The van der Waals surface area contributed by atoms with Gasteiger partial charge < -0.3 is 14.6 Å². The van der Waals surface area contributed by atoms with Crippen molar-refractivity contribution in [1.82, 2.24) is 0 Å². The maximum Gasteiger partial charge on any atom is 0.306 e. The molecule has 1 atom stereocenters. The summed E-state index contributed by atoms with van der Waals surface area (Å²) < 4.78 is 10.8. The number of hydrogen-bond donors (Lipinski definition) is 1. The third-order valence-electron chi connectivity index (χ3n) is 17.9. The van der Waals surface area contributed by atoms with Crippen LogP contribution in [0.2, 0.25) is 0 Å². The van der Waals surface area contributed by atoms with E-state index in [0.29, 0.717) is 12.8 Å². The van der Waals surface area contributed by atoms with E-state index in [1.54, 1.807) is 0 Å². The Balaban J connectivity index is 3.36. The summed E-state index contributed by atoms with van der Waals surface area (Å²) in [6.45, 7) is 4.20. The van der Waals surface area contributed by atoms with E-state index in [1.807, 2.05) is 0 Å². The van der Waals surface area contributed by atoms with Crippen molar-refractivity contribution < 1.29 is 24.2 Å². The van der Waals surface area contributed by atoms with E-state index in [2.05, 4.69) is 50.3 Å². The summed E-state index contributed by atoms with van der Waals surface area (Å²) in [4.78, 5) is 24.7. The Morgan fingerprint density at radius 1 is 0.274 bits per heavy atom. The molecule has 0 rings (SSSR count). The summed E-state index contributed by atoms with van der Waals surface area (Å²) in [6, 6.07) is 0. The van der Waals surface area contributed by atoms with Gasteiger partial charge in [0.05, 0.1) is 6.61 Å². The molecule has 0 saturated heterocycles. The van der Waals surface area contributed by atoms with E-state index in [9.17, 15) is 14.7 Å². The average molecular weight is 1180 g/mol. The minimum atomic E-state index is -0.770. The van der Waals surface area contributed by atoms with Gasteiger partial charge in [-0.05, 0) is 51.4 Å². The van der Waals surface area contributed by atoms with Crippen LogP contribution in [0.1, 0.15) is 438 Å². The highest BCUT2D eigenvalue weighted by Gasteiger charge is 2.16. The first-order chi connectivity index (χ1) is 41.6. The largest absolute Gasteiger partial charge is 0.462 e. The molecule has 0 aliphatic heterocycles. The molecule has 0 aromatic heterocycles. The lowest BCUT2D eigenvalue weighted by molar-refractivity contribution is -0.161. The molecule has 84 heavy (non-hydrogen) atoms. The fourth-order valence-corrected chi connectivity index (χ4v) is 12.2. The number of aliphatic hydroxyl groups excluding tert-OH is 1. The normalized spacial score (nSPS) is 12.3. The van der Waals surface area contributed by atoms with Gasteiger partial charge in [0.15, 0.2) is 6.10 Å². The van der Waals surface area contributed by atoms with Crippen LogP contribution in [0.5, 0.6) is 0 Å². The van der Waals surface area contributed by atoms with Crippen LogP contribution < -0.4 is 0 Å². The van der Waals surface area contributed by atoms with Crippen LogP contribution in [0, 0.1) is 0 Å². The van der Waals surface area contributed by atoms with Gasteiger partial charge in [-0.2, -0.15) is 0 Å². The molecule has 0 radical (unpaired) electrons. The Bertz CT molecular complexity index is 1340. The molecule has 0 heterocycles. The van der Waals surface area contributed by atoms with Crippen LogP contribution in [0.4, 0.5) is 0 Å². The van der Waals surface area contributed by atoms with Crippen LogP contribution in [0.3, 0.4) is 0 Å². The number of unbranched alkanes of at least 4 members (excludes halogenated alkanes) is 59.